The Labute approximate surface area is 201 Å². The molecule has 2 N–H and O–H groups in total. The first-order chi connectivity index (χ1) is 15.4. The summed E-state index contributed by atoms with van der Waals surface area (Å²) < 4.78 is 25.7. The van der Waals surface area contributed by atoms with Gasteiger partial charge in [0.05, 0.1) is 18.4 Å². The Balaban J connectivity index is 1.69. The van der Waals surface area contributed by atoms with Gasteiger partial charge >= 0.3 is 0 Å². The van der Waals surface area contributed by atoms with Gasteiger partial charge in [-0.2, -0.15) is 10.2 Å². The van der Waals surface area contributed by atoms with Gasteiger partial charge < -0.3 is 10.5 Å². The number of anilines is 1. The van der Waals surface area contributed by atoms with Crippen LogP contribution in [0.5, 0.6) is 5.75 Å². The number of aromatic nitrogens is 5. The quantitative estimate of drug-likeness (QED) is 0.316. The summed E-state index contributed by atoms with van der Waals surface area (Å²) in [5.41, 5.74) is 9.29. The molecule has 166 valence electrons. The number of rotatable bonds is 7. The van der Waals surface area contributed by atoms with Crippen molar-refractivity contribution in [1.29, 1.82) is 0 Å². The topological polar surface area (TPSA) is 83.8 Å². The van der Waals surface area contributed by atoms with E-state index in [4.69, 9.17) is 10.5 Å². The molecule has 4 aromatic rings. The lowest BCUT2D eigenvalue weighted by molar-refractivity contribution is 0.227. The highest BCUT2D eigenvalue weighted by Crippen LogP contribution is 2.34. The number of pyridine rings is 1. The third-order valence-electron chi connectivity index (χ3n) is 5.06. The van der Waals surface area contributed by atoms with Gasteiger partial charge in [-0.3, -0.25) is 9.36 Å². The zero-order chi connectivity index (χ0) is 22.8. The molecule has 10 heteroatoms. The largest absolute Gasteiger partial charge is 0.482 e. The molecule has 1 aromatic carbocycles. The van der Waals surface area contributed by atoms with Gasteiger partial charge in [-0.05, 0) is 76.0 Å². The van der Waals surface area contributed by atoms with Gasteiger partial charge in [-0.25, -0.2) is 9.37 Å². The number of halogens is 3. The van der Waals surface area contributed by atoms with Crippen molar-refractivity contribution in [3.8, 4) is 17.0 Å². The summed E-state index contributed by atoms with van der Waals surface area (Å²) in [5, 5.41) is 8.86. The standard InChI is InChI=1S/C22H21Br2FN6O/c1-3-30-21(24)14(10-29-30)12-31-19(6-7-28-31)17-5-4-16(25)9-18(17)13(2)32-20-8-15(23)11-27-22(20)26/h4-11,13H,3,12H2,1-2H3,(H2,26,27). The molecule has 0 fully saturated rings. The molecule has 4 rings (SSSR count). The van der Waals surface area contributed by atoms with Crippen molar-refractivity contribution in [2.75, 3.05) is 5.73 Å². The van der Waals surface area contributed by atoms with Crippen LogP contribution in [0.15, 0.2) is 58.0 Å². The number of nitrogen functional groups attached to an aromatic ring is 1. The zero-order valence-electron chi connectivity index (χ0n) is 17.5. The molecule has 0 amide bonds. The van der Waals surface area contributed by atoms with Crippen molar-refractivity contribution < 1.29 is 9.13 Å². The van der Waals surface area contributed by atoms with Gasteiger partial charge in [-0.1, -0.05) is 0 Å². The van der Waals surface area contributed by atoms with Gasteiger partial charge in [0.25, 0.3) is 0 Å². The monoisotopic (exact) mass is 562 g/mol. The Bertz CT molecular complexity index is 1260. The van der Waals surface area contributed by atoms with E-state index in [2.05, 4.69) is 47.0 Å². The maximum absolute atomic E-state index is 14.2. The summed E-state index contributed by atoms with van der Waals surface area (Å²) in [6.07, 6.45) is 4.65. The van der Waals surface area contributed by atoms with E-state index in [0.29, 0.717) is 17.9 Å². The highest BCUT2D eigenvalue weighted by Gasteiger charge is 2.20. The lowest BCUT2D eigenvalue weighted by atomic mass is 10.00. The molecule has 7 nitrogen and oxygen atoms in total. The maximum Gasteiger partial charge on any atom is 0.166 e. The summed E-state index contributed by atoms with van der Waals surface area (Å²) in [6.45, 7) is 5.15. The highest BCUT2D eigenvalue weighted by atomic mass is 79.9. The van der Waals surface area contributed by atoms with Crippen LogP contribution in [0, 0.1) is 5.82 Å². The first-order valence-corrected chi connectivity index (χ1v) is 11.6. The molecule has 3 heterocycles. The predicted octanol–water partition coefficient (Wildman–Crippen LogP) is 5.60. The summed E-state index contributed by atoms with van der Waals surface area (Å²) >= 11 is 6.98. The fraction of sp³-hybridized carbons (Fsp3) is 0.227. The molecule has 0 spiro atoms. The van der Waals surface area contributed by atoms with E-state index in [0.717, 1.165) is 32.4 Å². The molecule has 0 bridgehead atoms. The van der Waals surface area contributed by atoms with E-state index in [1.54, 1.807) is 24.5 Å². The van der Waals surface area contributed by atoms with Crippen LogP contribution in [-0.4, -0.2) is 24.5 Å². The normalized spacial score (nSPS) is 12.2. The average Bonchev–Trinajstić information content (AvgIpc) is 3.37. The number of nitrogens with two attached hydrogens (primary N) is 1. The van der Waals surface area contributed by atoms with Crippen molar-refractivity contribution >= 4 is 37.7 Å². The number of nitrogens with zero attached hydrogens (tertiary/aromatic N) is 5. The minimum Gasteiger partial charge on any atom is -0.482 e. The number of ether oxygens (including phenoxy) is 1. The Morgan fingerprint density at radius 2 is 1.94 bits per heavy atom. The van der Waals surface area contributed by atoms with E-state index >= 15 is 0 Å². The van der Waals surface area contributed by atoms with E-state index < -0.39 is 6.10 Å². The Hall–Kier alpha value is -2.72. The molecule has 3 aromatic heterocycles. The van der Waals surface area contributed by atoms with Crippen LogP contribution < -0.4 is 10.5 Å². The molecule has 0 radical (unpaired) electrons. The highest BCUT2D eigenvalue weighted by molar-refractivity contribution is 9.10. The minimum absolute atomic E-state index is 0.265. The Morgan fingerprint density at radius 3 is 2.69 bits per heavy atom. The van der Waals surface area contributed by atoms with Gasteiger partial charge in [0.15, 0.2) is 11.6 Å². The molecule has 0 saturated heterocycles. The number of hydrogen-bond acceptors (Lipinski definition) is 5. The molecular formula is C22H21Br2FN6O. The average molecular weight is 564 g/mol. The van der Waals surface area contributed by atoms with Crippen LogP contribution in [0.25, 0.3) is 11.3 Å². The SMILES string of the molecule is CCn1ncc(Cn2nccc2-c2ccc(F)cc2C(C)Oc2cc(Br)cnc2N)c1Br. The number of benzene rings is 1. The van der Waals surface area contributed by atoms with E-state index in [1.807, 2.05) is 35.5 Å². The van der Waals surface area contributed by atoms with Gasteiger partial charge in [0.1, 0.15) is 16.5 Å². The molecule has 0 aliphatic rings. The second-order valence-electron chi connectivity index (χ2n) is 7.18. The lowest BCUT2D eigenvalue weighted by Crippen LogP contribution is -2.10. The van der Waals surface area contributed by atoms with E-state index in [-0.39, 0.29) is 11.6 Å². The third-order valence-corrected chi connectivity index (χ3v) is 6.41. The smallest absolute Gasteiger partial charge is 0.166 e. The fourth-order valence-electron chi connectivity index (χ4n) is 3.47. The molecule has 0 saturated carbocycles. The lowest BCUT2D eigenvalue weighted by Gasteiger charge is -2.20. The molecule has 1 atom stereocenters. The van der Waals surface area contributed by atoms with Gasteiger partial charge in [-0.15, -0.1) is 0 Å². The second-order valence-corrected chi connectivity index (χ2v) is 8.85. The second kappa shape index (κ2) is 9.41. The van der Waals surface area contributed by atoms with Crippen LogP contribution in [0.2, 0.25) is 0 Å². The molecule has 32 heavy (non-hydrogen) atoms. The number of aryl methyl sites for hydroxylation is 1. The summed E-state index contributed by atoms with van der Waals surface area (Å²) in [6, 6.07) is 8.29. The fourth-order valence-corrected chi connectivity index (χ4v) is 4.35. The third kappa shape index (κ3) is 4.56. The summed E-state index contributed by atoms with van der Waals surface area (Å²) in [4.78, 5) is 4.10. The predicted molar refractivity (Wildman–Crippen MR) is 128 cm³/mol. The van der Waals surface area contributed by atoms with Gasteiger partial charge in [0.2, 0.25) is 0 Å². The molecule has 0 aliphatic carbocycles. The Kier molecular flexibility index (Phi) is 6.61. The molecular weight excluding hydrogens is 543 g/mol. The maximum atomic E-state index is 14.2. The first-order valence-electron chi connectivity index (χ1n) is 9.96. The summed E-state index contributed by atoms with van der Waals surface area (Å²) in [5.74, 6) is 0.338. The minimum atomic E-state index is -0.489. The van der Waals surface area contributed by atoms with Crippen molar-refractivity contribution in [3.05, 3.63) is 74.9 Å². The van der Waals surface area contributed by atoms with Crippen molar-refractivity contribution in [2.24, 2.45) is 0 Å². The van der Waals surface area contributed by atoms with Crippen LogP contribution in [0.1, 0.15) is 31.1 Å². The van der Waals surface area contributed by atoms with Crippen LogP contribution in [0.3, 0.4) is 0 Å². The van der Waals surface area contributed by atoms with Crippen molar-refractivity contribution in [1.82, 2.24) is 24.5 Å². The van der Waals surface area contributed by atoms with E-state index in [9.17, 15) is 4.39 Å². The van der Waals surface area contributed by atoms with E-state index in [1.165, 1.54) is 12.1 Å². The molecule has 1 unspecified atom stereocenters. The van der Waals surface area contributed by atoms with Crippen molar-refractivity contribution in [2.45, 2.75) is 33.0 Å². The van der Waals surface area contributed by atoms with Crippen LogP contribution in [-0.2, 0) is 13.1 Å². The molecule has 0 aliphatic heterocycles. The number of hydrogen-bond donors (Lipinski definition) is 1. The zero-order valence-corrected chi connectivity index (χ0v) is 20.6. The summed E-state index contributed by atoms with van der Waals surface area (Å²) in [7, 11) is 0. The first kappa shape index (κ1) is 22.5. The van der Waals surface area contributed by atoms with Gasteiger partial charge in [0, 0.05) is 40.1 Å². The van der Waals surface area contributed by atoms with Crippen molar-refractivity contribution in [3.63, 3.8) is 0 Å². The van der Waals surface area contributed by atoms with Crippen LogP contribution in [0.4, 0.5) is 10.2 Å². The Morgan fingerprint density at radius 1 is 1.12 bits per heavy atom. The van der Waals surface area contributed by atoms with Crippen LogP contribution >= 0.6 is 31.9 Å².